The highest BCUT2D eigenvalue weighted by molar-refractivity contribution is 5.73. The standard InChI is InChI=1S/C14H19N7O/c1-21-9-11-5-3-2-4-10(11)6-12(21)7-15-14(22)16-8-13-17-19-20-18-13/h2-5,12H,6-9H2,1H3,(H2,15,16,22)(H,17,18,19,20)/t12-/m1/s1. The molecule has 0 bridgehead atoms. The van der Waals surface area contributed by atoms with E-state index in [1.54, 1.807) is 0 Å². The SMILES string of the molecule is CN1Cc2ccccc2C[C@@H]1CNC(=O)NCc1nn[nH]n1. The van der Waals surface area contributed by atoms with Crippen LogP contribution in [0.3, 0.4) is 0 Å². The molecule has 1 aliphatic rings. The van der Waals surface area contributed by atoms with Crippen molar-refractivity contribution in [3.05, 3.63) is 41.2 Å². The van der Waals surface area contributed by atoms with Crippen molar-refractivity contribution in [2.75, 3.05) is 13.6 Å². The van der Waals surface area contributed by atoms with E-state index in [4.69, 9.17) is 0 Å². The Hall–Kier alpha value is -2.48. The van der Waals surface area contributed by atoms with Gasteiger partial charge in [-0.1, -0.05) is 29.5 Å². The molecule has 1 aromatic heterocycles. The molecule has 2 heterocycles. The summed E-state index contributed by atoms with van der Waals surface area (Å²) >= 11 is 0. The summed E-state index contributed by atoms with van der Waals surface area (Å²) in [5, 5.41) is 18.9. The fraction of sp³-hybridized carbons (Fsp3) is 0.429. The van der Waals surface area contributed by atoms with Crippen molar-refractivity contribution in [1.82, 2.24) is 36.2 Å². The molecule has 8 heteroatoms. The van der Waals surface area contributed by atoms with Crippen molar-refractivity contribution in [3.8, 4) is 0 Å². The normalized spacial score (nSPS) is 17.8. The minimum atomic E-state index is -0.225. The van der Waals surface area contributed by atoms with Crippen LogP contribution in [0.4, 0.5) is 4.79 Å². The van der Waals surface area contributed by atoms with Crippen molar-refractivity contribution in [1.29, 1.82) is 0 Å². The number of fused-ring (bicyclic) bond motifs is 1. The Morgan fingerprint density at radius 3 is 2.95 bits per heavy atom. The number of tetrazole rings is 1. The van der Waals surface area contributed by atoms with E-state index >= 15 is 0 Å². The van der Waals surface area contributed by atoms with Crippen LogP contribution in [0.5, 0.6) is 0 Å². The number of carbonyl (C=O) groups is 1. The molecule has 0 radical (unpaired) electrons. The minimum Gasteiger partial charge on any atom is -0.337 e. The summed E-state index contributed by atoms with van der Waals surface area (Å²) in [6.07, 6.45) is 0.942. The van der Waals surface area contributed by atoms with Gasteiger partial charge in [0.05, 0.1) is 6.54 Å². The largest absolute Gasteiger partial charge is 0.337 e. The Labute approximate surface area is 128 Å². The molecule has 1 aromatic carbocycles. The number of amides is 2. The van der Waals surface area contributed by atoms with Crippen molar-refractivity contribution < 1.29 is 4.79 Å². The minimum absolute atomic E-state index is 0.225. The maximum absolute atomic E-state index is 11.8. The Balaban J connectivity index is 1.48. The number of benzene rings is 1. The summed E-state index contributed by atoms with van der Waals surface area (Å²) in [5.41, 5.74) is 2.72. The number of nitrogens with zero attached hydrogens (tertiary/aromatic N) is 4. The number of aromatic amines is 1. The van der Waals surface area contributed by atoms with Gasteiger partial charge in [0, 0.05) is 19.1 Å². The van der Waals surface area contributed by atoms with Gasteiger partial charge in [0.15, 0.2) is 5.82 Å². The van der Waals surface area contributed by atoms with E-state index in [0.717, 1.165) is 13.0 Å². The molecule has 3 N–H and O–H groups in total. The molecular weight excluding hydrogens is 282 g/mol. The van der Waals surface area contributed by atoms with Gasteiger partial charge in [-0.3, -0.25) is 4.90 Å². The molecule has 2 amide bonds. The van der Waals surface area contributed by atoms with Gasteiger partial charge in [0.25, 0.3) is 0 Å². The van der Waals surface area contributed by atoms with E-state index in [9.17, 15) is 4.79 Å². The monoisotopic (exact) mass is 301 g/mol. The number of aromatic nitrogens is 4. The first kappa shape index (κ1) is 14.5. The third kappa shape index (κ3) is 3.40. The first-order valence-corrected chi connectivity index (χ1v) is 7.23. The zero-order valence-corrected chi connectivity index (χ0v) is 12.4. The van der Waals surface area contributed by atoms with Crippen LogP contribution in [-0.4, -0.2) is 51.2 Å². The van der Waals surface area contributed by atoms with Gasteiger partial charge in [0.2, 0.25) is 0 Å². The fourth-order valence-corrected chi connectivity index (χ4v) is 2.64. The highest BCUT2D eigenvalue weighted by Gasteiger charge is 2.23. The fourth-order valence-electron chi connectivity index (χ4n) is 2.64. The van der Waals surface area contributed by atoms with E-state index in [2.05, 4.69) is 67.5 Å². The van der Waals surface area contributed by atoms with Crippen molar-refractivity contribution in [3.63, 3.8) is 0 Å². The molecule has 0 spiro atoms. The predicted molar refractivity (Wildman–Crippen MR) is 79.8 cm³/mol. The van der Waals surface area contributed by atoms with E-state index in [1.807, 2.05) is 0 Å². The van der Waals surface area contributed by atoms with Crippen LogP contribution in [0.2, 0.25) is 0 Å². The third-order valence-corrected chi connectivity index (χ3v) is 3.91. The van der Waals surface area contributed by atoms with E-state index in [-0.39, 0.29) is 12.6 Å². The Kier molecular flexibility index (Phi) is 4.29. The number of H-pyrrole nitrogens is 1. The molecule has 0 saturated carbocycles. The number of hydrogen-bond donors (Lipinski definition) is 3. The average Bonchev–Trinajstić information content (AvgIpc) is 3.04. The van der Waals surface area contributed by atoms with Crippen molar-refractivity contribution in [2.24, 2.45) is 0 Å². The molecule has 3 rings (SSSR count). The zero-order valence-electron chi connectivity index (χ0n) is 12.4. The maximum Gasteiger partial charge on any atom is 0.315 e. The molecule has 116 valence electrons. The van der Waals surface area contributed by atoms with Gasteiger partial charge < -0.3 is 10.6 Å². The Bertz CT molecular complexity index is 628. The van der Waals surface area contributed by atoms with Crippen LogP contribution >= 0.6 is 0 Å². The molecule has 1 aliphatic heterocycles. The third-order valence-electron chi connectivity index (χ3n) is 3.91. The maximum atomic E-state index is 11.8. The molecule has 0 aliphatic carbocycles. The van der Waals surface area contributed by atoms with Crippen LogP contribution in [0.1, 0.15) is 17.0 Å². The second-order valence-electron chi connectivity index (χ2n) is 5.43. The number of rotatable bonds is 4. The van der Waals surface area contributed by atoms with Crippen LogP contribution < -0.4 is 10.6 Å². The molecule has 8 nitrogen and oxygen atoms in total. The van der Waals surface area contributed by atoms with Gasteiger partial charge >= 0.3 is 6.03 Å². The highest BCUT2D eigenvalue weighted by Crippen LogP contribution is 2.21. The van der Waals surface area contributed by atoms with Crippen molar-refractivity contribution >= 4 is 6.03 Å². The van der Waals surface area contributed by atoms with Gasteiger partial charge in [-0.25, -0.2) is 4.79 Å². The number of carbonyl (C=O) groups excluding carboxylic acids is 1. The lowest BCUT2D eigenvalue weighted by molar-refractivity contribution is 0.203. The molecule has 2 aromatic rings. The van der Waals surface area contributed by atoms with E-state index in [1.165, 1.54) is 11.1 Å². The average molecular weight is 301 g/mol. The number of nitrogens with one attached hydrogen (secondary N) is 3. The lowest BCUT2D eigenvalue weighted by Crippen LogP contribution is -2.47. The molecule has 0 unspecified atom stereocenters. The van der Waals surface area contributed by atoms with Crippen LogP contribution in [0.25, 0.3) is 0 Å². The van der Waals surface area contributed by atoms with Gasteiger partial charge in [-0.05, 0) is 24.6 Å². The zero-order chi connectivity index (χ0) is 15.4. The summed E-state index contributed by atoms with van der Waals surface area (Å²) < 4.78 is 0. The number of urea groups is 1. The topological polar surface area (TPSA) is 98.8 Å². The molecule has 22 heavy (non-hydrogen) atoms. The van der Waals surface area contributed by atoms with Gasteiger partial charge in [-0.15, -0.1) is 10.2 Å². The van der Waals surface area contributed by atoms with Gasteiger partial charge in [0.1, 0.15) is 0 Å². The molecule has 0 fully saturated rings. The smallest absolute Gasteiger partial charge is 0.315 e. The van der Waals surface area contributed by atoms with E-state index in [0.29, 0.717) is 18.4 Å². The first-order valence-electron chi connectivity index (χ1n) is 7.23. The molecule has 0 saturated heterocycles. The summed E-state index contributed by atoms with van der Waals surface area (Å²) in [6.45, 7) is 1.77. The second-order valence-corrected chi connectivity index (χ2v) is 5.43. The highest BCUT2D eigenvalue weighted by atomic mass is 16.2. The van der Waals surface area contributed by atoms with Crippen molar-refractivity contribution in [2.45, 2.75) is 25.6 Å². The summed E-state index contributed by atoms with van der Waals surface area (Å²) in [5.74, 6) is 0.457. The predicted octanol–water partition coefficient (Wildman–Crippen LogP) is 0.0556. The summed E-state index contributed by atoms with van der Waals surface area (Å²) in [4.78, 5) is 14.1. The summed E-state index contributed by atoms with van der Waals surface area (Å²) in [6, 6.07) is 8.52. The quantitative estimate of drug-likeness (QED) is 0.741. The Morgan fingerprint density at radius 2 is 2.18 bits per heavy atom. The number of hydrogen-bond acceptors (Lipinski definition) is 5. The second kappa shape index (κ2) is 6.52. The lowest BCUT2D eigenvalue weighted by atomic mass is 9.94. The molecular formula is C14H19N7O. The van der Waals surface area contributed by atoms with E-state index < -0.39 is 0 Å². The molecule has 1 atom stereocenters. The van der Waals surface area contributed by atoms with Crippen LogP contribution in [0, 0.1) is 0 Å². The lowest BCUT2D eigenvalue weighted by Gasteiger charge is -2.34. The summed E-state index contributed by atoms with van der Waals surface area (Å²) in [7, 11) is 2.08. The van der Waals surface area contributed by atoms with Crippen LogP contribution in [-0.2, 0) is 19.5 Å². The number of likely N-dealkylation sites (N-methyl/N-ethyl adjacent to an activating group) is 1. The first-order chi connectivity index (χ1) is 10.7. The van der Waals surface area contributed by atoms with Crippen LogP contribution in [0.15, 0.2) is 24.3 Å². The Morgan fingerprint density at radius 1 is 1.36 bits per heavy atom. The van der Waals surface area contributed by atoms with Gasteiger partial charge in [-0.2, -0.15) is 5.21 Å².